The Balaban J connectivity index is 1.14. The third kappa shape index (κ3) is 4.70. The molecule has 0 atom stereocenters. The summed E-state index contributed by atoms with van der Waals surface area (Å²) < 4.78 is 16.2. The van der Waals surface area contributed by atoms with E-state index in [0.29, 0.717) is 0 Å². The number of para-hydroxylation sites is 2. The molecule has 9 aromatic carbocycles. The monoisotopic (exact) mass is 733 g/mol. The Hall–Kier alpha value is -7.14. The van der Waals surface area contributed by atoms with Crippen LogP contribution in [0.3, 0.4) is 0 Å². The molecule has 0 saturated carbocycles. The van der Waals surface area contributed by atoms with E-state index in [1.54, 1.807) is 0 Å². The maximum absolute atomic E-state index is 7.12. The van der Waals surface area contributed by atoms with Crippen molar-refractivity contribution >= 4 is 103 Å². The van der Waals surface area contributed by atoms with Gasteiger partial charge in [-0.2, -0.15) is 0 Å². The molecule has 3 aromatic heterocycles. The lowest BCUT2D eigenvalue weighted by Crippen LogP contribution is -2.11. The number of thiophene rings is 1. The first-order chi connectivity index (χ1) is 27.8. The summed E-state index contributed by atoms with van der Waals surface area (Å²) in [5.74, 6) is 0. The van der Waals surface area contributed by atoms with Gasteiger partial charge in [0.1, 0.15) is 22.3 Å². The smallest absolute Gasteiger partial charge is 0.144 e. The van der Waals surface area contributed by atoms with Gasteiger partial charge in [-0.3, -0.25) is 0 Å². The van der Waals surface area contributed by atoms with E-state index in [0.717, 1.165) is 83.2 Å². The number of nitrogens with zero attached hydrogens (tertiary/aromatic N) is 1. The number of rotatable bonds is 5. The lowest BCUT2D eigenvalue weighted by Gasteiger charge is -2.28. The van der Waals surface area contributed by atoms with Gasteiger partial charge in [-0.1, -0.05) is 133 Å². The van der Waals surface area contributed by atoms with Crippen LogP contribution in [0.2, 0.25) is 0 Å². The van der Waals surface area contributed by atoms with Gasteiger partial charge in [-0.05, 0) is 70.4 Å². The van der Waals surface area contributed by atoms with Crippen LogP contribution in [-0.4, -0.2) is 0 Å². The number of hydrogen-bond acceptors (Lipinski definition) is 4. The maximum Gasteiger partial charge on any atom is 0.144 e. The normalized spacial score (nSPS) is 11.9. The van der Waals surface area contributed by atoms with Crippen molar-refractivity contribution in [3.05, 3.63) is 188 Å². The molecule has 3 nitrogen and oxygen atoms in total. The second-order valence-electron chi connectivity index (χ2n) is 14.4. The van der Waals surface area contributed by atoms with Crippen molar-refractivity contribution in [1.29, 1.82) is 0 Å². The van der Waals surface area contributed by atoms with Crippen LogP contribution < -0.4 is 4.90 Å². The Kier molecular flexibility index (Phi) is 6.80. The minimum Gasteiger partial charge on any atom is -0.456 e. The van der Waals surface area contributed by atoms with Gasteiger partial charge in [-0.15, -0.1) is 11.3 Å². The molecule has 0 spiro atoms. The SMILES string of the molecule is c1ccc(-c2ccccc2N(c2ccc3c(c2)oc2c(-c4ccc5ccccc5c4)c4c(cc23)oc2ccccc24)c2cccc3c2sc2ccccc23)cc1. The molecule has 12 rings (SSSR count). The van der Waals surface area contributed by atoms with Crippen LogP contribution in [0.25, 0.3) is 97.1 Å². The van der Waals surface area contributed by atoms with Crippen molar-refractivity contribution in [3.8, 4) is 22.3 Å². The Morgan fingerprint density at radius 3 is 2.09 bits per heavy atom. The summed E-state index contributed by atoms with van der Waals surface area (Å²) in [4.78, 5) is 2.41. The molecule has 0 aliphatic carbocycles. The number of furan rings is 2. The summed E-state index contributed by atoms with van der Waals surface area (Å²) in [6.07, 6.45) is 0. The quantitative estimate of drug-likeness (QED) is 0.176. The van der Waals surface area contributed by atoms with E-state index in [9.17, 15) is 0 Å². The first kappa shape index (κ1) is 31.2. The zero-order valence-electron chi connectivity index (χ0n) is 30.1. The van der Waals surface area contributed by atoms with Crippen molar-refractivity contribution in [2.75, 3.05) is 4.90 Å². The van der Waals surface area contributed by atoms with E-state index >= 15 is 0 Å². The van der Waals surface area contributed by atoms with Crippen LogP contribution in [-0.2, 0) is 0 Å². The van der Waals surface area contributed by atoms with E-state index in [4.69, 9.17) is 8.83 Å². The summed E-state index contributed by atoms with van der Waals surface area (Å²) in [6.45, 7) is 0. The van der Waals surface area contributed by atoms with Crippen LogP contribution in [0.5, 0.6) is 0 Å². The average Bonchev–Trinajstić information content (AvgIpc) is 3.94. The van der Waals surface area contributed by atoms with Gasteiger partial charge in [0.05, 0.1) is 16.1 Å². The van der Waals surface area contributed by atoms with Crippen LogP contribution >= 0.6 is 11.3 Å². The molecule has 3 heterocycles. The van der Waals surface area contributed by atoms with Crippen molar-refractivity contribution < 1.29 is 8.83 Å². The highest BCUT2D eigenvalue weighted by molar-refractivity contribution is 7.26. The van der Waals surface area contributed by atoms with Gasteiger partial charge in [0.2, 0.25) is 0 Å². The molecule has 0 amide bonds. The molecule has 0 radical (unpaired) electrons. The van der Waals surface area contributed by atoms with Gasteiger partial charge in [-0.25, -0.2) is 0 Å². The molecular formula is C52H31NO2S. The molecule has 12 aromatic rings. The molecule has 56 heavy (non-hydrogen) atoms. The lowest BCUT2D eigenvalue weighted by molar-refractivity contribution is 0.664. The van der Waals surface area contributed by atoms with E-state index in [-0.39, 0.29) is 0 Å². The highest BCUT2D eigenvalue weighted by atomic mass is 32.1. The van der Waals surface area contributed by atoms with E-state index in [2.05, 4.69) is 181 Å². The van der Waals surface area contributed by atoms with E-state index < -0.39 is 0 Å². The fourth-order valence-electron chi connectivity index (χ4n) is 8.71. The molecular weight excluding hydrogens is 703 g/mol. The van der Waals surface area contributed by atoms with E-state index in [1.807, 2.05) is 23.5 Å². The van der Waals surface area contributed by atoms with Crippen LogP contribution in [0, 0.1) is 0 Å². The second-order valence-corrected chi connectivity index (χ2v) is 15.5. The molecule has 0 aliphatic heterocycles. The zero-order valence-corrected chi connectivity index (χ0v) is 30.9. The van der Waals surface area contributed by atoms with Crippen molar-refractivity contribution in [3.63, 3.8) is 0 Å². The van der Waals surface area contributed by atoms with Gasteiger partial charge in [0, 0.05) is 59.9 Å². The van der Waals surface area contributed by atoms with Gasteiger partial charge in [0.15, 0.2) is 0 Å². The zero-order chi connectivity index (χ0) is 36.7. The molecule has 0 saturated heterocycles. The highest BCUT2D eigenvalue weighted by Gasteiger charge is 2.24. The summed E-state index contributed by atoms with van der Waals surface area (Å²) in [7, 11) is 0. The summed E-state index contributed by atoms with van der Waals surface area (Å²) in [5, 5.41) is 9.14. The highest BCUT2D eigenvalue weighted by Crippen LogP contribution is 2.50. The molecule has 0 fully saturated rings. The molecule has 0 aliphatic rings. The Morgan fingerprint density at radius 2 is 1.16 bits per heavy atom. The van der Waals surface area contributed by atoms with Crippen LogP contribution in [0.4, 0.5) is 17.1 Å². The van der Waals surface area contributed by atoms with Gasteiger partial charge in [0.25, 0.3) is 0 Å². The summed E-state index contributed by atoms with van der Waals surface area (Å²) in [5.41, 5.74) is 11.1. The molecule has 0 bridgehead atoms. The predicted octanol–water partition coefficient (Wildman–Crippen LogP) is 15.8. The number of fused-ring (bicyclic) bond motifs is 10. The van der Waals surface area contributed by atoms with E-state index in [1.165, 1.54) is 30.9 Å². The predicted molar refractivity (Wildman–Crippen MR) is 237 cm³/mol. The minimum atomic E-state index is 0.821. The molecule has 0 unspecified atom stereocenters. The molecule has 4 heteroatoms. The third-order valence-corrected chi connectivity index (χ3v) is 12.4. The topological polar surface area (TPSA) is 29.5 Å². The molecule has 0 N–H and O–H groups in total. The van der Waals surface area contributed by atoms with Gasteiger partial charge >= 0.3 is 0 Å². The Bertz CT molecular complexity index is 3500. The fraction of sp³-hybridized carbons (Fsp3) is 0. The average molecular weight is 734 g/mol. The number of hydrogen-bond donors (Lipinski definition) is 0. The number of anilines is 3. The largest absolute Gasteiger partial charge is 0.456 e. The van der Waals surface area contributed by atoms with Crippen molar-refractivity contribution in [2.24, 2.45) is 0 Å². The fourth-order valence-corrected chi connectivity index (χ4v) is 9.92. The van der Waals surface area contributed by atoms with Crippen LogP contribution in [0.15, 0.2) is 197 Å². The van der Waals surface area contributed by atoms with Crippen LogP contribution in [0.1, 0.15) is 0 Å². The first-order valence-electron chi connectivity index (χ1n) is 18.9. The third-order valence-electron chi connectivity index (χ3n) is 11.2. The molecule has 262 valence electrons. The second kappa shape index (κ2) is 12.2. The summed E-state index contributed by atoms with van der Waals surface area (Å²) >= 11 is 1.84. The standard InChI is InChI=1S/C52H31NO2S/c1-2-14-33(15-3-1)37-17-6-9-21-43(37)53(44-22-12-20-40-39-18-8-11-24-48(39)56-52(40)44)36-27-28-38-42-31-47-50(41-19-7-10-23-45(41)54-47)49(51(42)55-46(38)30-36)35-26-25-32-13-4-5-16-34(32)29-35/h1-31H. The number of benzene rings is 9. The summed E-state index contributed by atoms with van der Waals surface area (Å²) in [6, 6.07) is 67.1. The Labute approximate surface area is 325 Å². The van der Waals surface area contributed by atoms with Crippen molar-refractivity contribution in [2.45, 2.75) is 0 Å². The lowest BCUT2D eigenvalue weighted by atomic mass is 9.95. The van der Waals surface area contributed by atoms with Gasteiger partial charge < -0.3 is 13.7 Å². The first-order valence-corrected chi connectivity index (χ1v) is 19.7. The maximum atomic E-state index is 7.12. The Morgan fingerprint density at radius 1 is 0.411 bits per heavy atom. The van der Waals surface area contributed by atoms with Crippen molar-refractivity contribution in [1.82, 2.24) is 0 Å². The minimum absolute atomic E-state index is 0.821.